The molecule has 0 aromatic rings. The Morgan fingerprint density at radius 2 is 1.89 bits per heavy atom. The summed E-state index contributed by atoms with van der Waals surface area (Å²) in [5.41, 5.74) is -0.0389. The van der Waals surface area contributed by atoms with E-state index in [0.717, 1.165) is 64.3 Å². The molecule has 0 radical (unpaired) electrons. The molecular formula is C20H40IN5O2. The molecular weight excluding hydrogens is 469 g/mol. The number of aliphatic imine (C=N–C) groups is 1. The van der Waals surface area contributed by atoms with Gasteiger partial charge in [-0.15, -0.1) is 24.0 Å². The fourth-order valence-corrected chi connectivity index (χ4v) is 4.04. The second kappa shape index (κ2) is 13.6. The molecule has 8 heteroatoms. The third-order valence-electron chi connectivity index (χ3n) is 5.75. The lowest BCUT2D eigenvalue weighted by Gasteiger charge is -2.38. The van der Waals surface area contributed by atoms with Crippen molar-refractivity contribution in [2.24, 2.45) is 4.99 Å². The highest BCUT2D eigenvalue weighted by atomic mass is 127. The number of piperidine rings is 1. The molecule has 1 saturated heterocycles. The van der Waals surface area contributed by atoms with Gasteiger partial charge in [-0.2, -0.15) is 0 Å². The first-order chi connectivity index (χ1) is 13.1. The number of guanidine groups is 1. The summed E-state index contributed by atoms with van der Waals surface area (Å²) in [5.74, 6) is 0.952. The molecule has 0 unspecified atom stereocenters. The van der Waals surface area contributed by atoms with Crippen LogP contribution in [0.5, 0.6) is 0 Å². The van der Waals surface area contributed by atoms with Crippen LogP contribution in [0.2, 0.25) is 0 Å². The molecule has 1 aliphatic heterocycles. The molecule has 0 aromatic carbocycles. The number of ether oxygens (including phenoxy) is 1. The van der Waals surface area contributed by atoms with Crippen molar-refractivity contribution in [3.05, 3.63) is 0 Å². The van der Waals surface area contributed by atoms with Crippen LogP contribution >= 0.6 is 24.0 Å². The largest absolute Gasteiger partial charge is 0.373 e. The molecule has 1 aliphatic carbocycles. The Bertz CT molecular complexity index is 475. The Balaban J connectivity index is 0.00000392. The lowest BCUT2D eigenvalue weighted by atomic mass is 9.84. The second-order valence-electron chi connectivity index (χ2n) is 7.89. The number of carbonyl (C=O) groups is 1. The van der Waals surface area contributed by atoms with Gasteiger partial charge in [0.05, 0.1) is 12.1 Å². The Kier molecular flexibility index (Phi) is 12.3. The number of halogens is 1. The molecule has 2 rings (SSSR count). The zero-order chi connectivity index (χ0) is 19.5. The number of amides is 1. The summed E-state index contributed by atoms with van der Waals surface area (Å²) in [7, 11) is 3.52. The number of hydrogen-bond donors (Lipinski definition) is 3. The van der Waals surface area contributed by atoms with Gasteiger partial charge in [0.2, 0.25) is 5.91 Å². The van der Waals surface area contributed by atoms with Gasteiger partial charge in [-0.05, 0) is 32.1 Å². The van der Waals surface area contributed by atoms with Crippen LogP contribution in [0, 0.1) is 0 Å². The topological polar surface area (TPSA) is 78.0 Å². The van der Waals surface area contributed by atoms with E-state index >= 15 is 0 Å². The van der Waals surface area contributed by atoms with Crippen LogP contribution in [-0.2, 0) is 9.53 Å². The zero-order valence-electron chi connectivity index (χ0n) is 17.9. The summed E-state index contributed by atoms with van der Waals surface area (Å²) in [4.78, 5) is 18.1. The molecule has 0 spiro atoms. The normalized spacial score (nSPS) is 20.9. The Hall–Kier alpha value is -0.610. The number of carbonyl (C=O) groups excluding carboxylic acids is 1. The molecule has 3 N–H and O–H groups in total. The second-order valence-corrected chi connectivity index (χ2v) is 7.89. The maximum Gasteiger partial charge on any atom is 0.233 e. The van der Waals surface area contributed by atoms with Crippen molar-refractivity contribution < 1.29 is 9.53 Å². The molecule has 0 bridgehead atoms. The molecule has 1 saturated carbocycles. The predicted molar refractivity (Wildman–Crippen MR) is 126 cm³/mol. The molecule has 2 fully saturated rings. The monoisotopic (exact) mass is 509 g/mol. The fourth-order valence-electron chi connectivity index (χ4n) is 4.04. The van der Waals surface area contributed by atoms with Crippen LogP contribution < -0.4 is 16.0 Å². The van der Waals surface area contributed by atoms with E-state index in [1.807, 2.05) is 7.05 Å². The maximum absolute atomic E-state index is 11.5. The van der Waals surface area contributed by atoms with E-state index in [0.29, 0.717) is 12.6 Å². The number of likely N-dealkylation sites (tertiary alicyclic amines) is 1. The first kappa shape index (κ1) is 25.4. The van der Waals surface area contributed by atoms with E-state index in [2.05, 4.69) is 32.8 Å². The predicted octanol–water partition coefficient (Wildman–Crippen LogP) is 2.11. The molecule has 164 valence electrons. The van der Waals surface area contributed by atoms with Gasteiger partial charge in [-0.25, -0.2) is 0 Å². The molecule has 0 aromatic heterocycles. The quantitative estimate of drug-likeness (QED) is 0.266. The summed E-state index contributed by atoms with van der Waals surface area (Å²) in [6.45, 7) is 6.19. The molecule has 1 heterocycles. The van der Waals surface area contributed by atoms with E-state index in [1.54, 1.807) is 7.05 Å². The molecule has 28 heavy (non-hydrogen) atoms. The van der Waals surface area contributed by atoms with E-state index in [1.165, 1.54) is 19.3 Å². The van der Waals surface area contributed by atoms with Crippen molar-refractivity contribution in [3.63, 3.8) is 0 Å². The highest BCUT2D eigenvalue weighted by Crippen LogP contribution is 2.31. The van der Waals surface area contributed by atoms with E-state index < -0.39 is 0 Å². The van der Waals surface area contributed by atoms with Crippen molar-refractivity contribution in [1.82, 2.24) is 20.9 Å². The van der Waals surface area contributed by atoms with Crippen LogP contribution in [0.4, 0.5) is 0 Å². The van der Waals surface area contributed by atoms with Crippen molar-refractivity contribution in [1.29, 1.82) is 0 Å². The number of nitrogens with one attached hydrogen (secondary N) is 3. The SMILES string of the molecule is CCCOC1(CNC(=NC)NC2CCN(CC(=O)NC)CC2)CCCCC1.I. The number of likely N-dealkylation sites (N-methyl/N-ethyl adjacent to an activating group) is 1. The minimum Gasteiger partial charge on any atom is -0.373 e. The van der Waals surface area contributed by atoms with Gasteiger partial charge in [0.15, 0.2) is 5.96 Å². The van der Waals surface area contributed by atoms with E-state index in [-0.39, 0.29) is 35.5 Å². The third-order valence-corrected chi connectivity index (χ3v) is 5.75. The average molecular weight is 509 g/mol. The number of hydrogen-bond acceptors (Lipinski definition) is 4. The molecule has 0 atom stereocenters. The van der Waals surface area contributed by atoms with Crippen LogP contribution in [0.1, 0.15) is 58.3 Å². The standard InChI is InChI=1S/C20H39N5O2.HI/c1-4-14-27-20(10-6-5-7-11-20)16-23-19(22-3)24-17-8-12-25(13-9-17)15-18(26)21-2;/h17H,4-16H2,1-3H3,(H,21,26)(H2,22,23,24);1H. The molecule has 2 aliphatic rings. The molecule has 7 nitrogen and oxygen atoms in total. The Labute approximate surface area is 187 Å². The number of nitrogens with zero attached hydrogens (tertiary/aromatic N) is 2. The van der Waals surface area contributed by atoms with Gasteiger partial charge in [-0.3, -0.25) is 14.7 Å². The van der Waals surface area contributed by atoms with Gasteiger partial charge in [0.25, 0.3) is 0 Å². The third kappa shape index (κ3) is 8.41. The summed E-state index contributed by atoms with van der Waals surface area (Å²) in [5, 5.41) is 9.78. The van der Waals surface area contributed by atoms with Gasteiger partial charge in [-0.1, -0.05) is 26.2 Å². The molecule has 1 amide bonds. The van der Waals surface area contributed by atoms with Crippen LogP contribution in [0.15, 0.2) is 4.99 Å². The van der Waals surface area contributed by atoms with Crippen molar-refractivity contribution in [2.45, 2.75) is 69.9 Å². The average Bonchev–Trinajstić information content (AvgIpc) is 2.71. The zero-order valence-corrected chi connectivity index (χ0v) is 20.2. The number of rotatable bonds is 8. The van der Waals surface area contributed by atoms with Gasteiger partial charge < -0.3 is 20.7 Å². The lowest BCUT2D eigenvalue weighted by molar-refractivity contribution is -0.122. The van der Waals surface area contributed by atoms with Crippen LogP contribution in [0.3, 0.4) is 0 Å². The summed E-state index contributed by atoms with van der Waals surface area (Å²) in [6.07, 6.45) is 9.19. The Morgan fingerprint density at radius 3 is 2.46 bits per heavy atom. The first-order valence-corrected chi connectivity index (χ1v) is 10.6. The van der Waals surface area contributed by atoms with Gasteiger partial charge in [0.1, 0.15) is 0 Å². The van der Waals surface area contributed by atoms with Crippen molar-refractivity contribution >= 4 is 35.8 Å². The van der Waals surface area contributed by atoms with Crippen LogP contribution in [0.25, 0.3) is 0 Å². The van der Waals surface area contributed by atoms with E-state index in [4.69, 9.17) is 4.74 Å². The smallest absolute Gasteiger partial charge is 0.233 e. The fraction of sp³-hybridized carbons (Fsp3) is 0.900. The summed E-state index contributed by atoms with van der Waals surface area (Å²) >= 11 is 0. The summed E-state index contributed by atoms with van der Waals surface area (Å²) < 4.78 is 6.28. The highest BCUT2D eigenvalue weighted by Gasteiger charge is 2.33. The lowest BCUT2D eigenvalue weighted by Crippen LogP contribution is -2.53. The van der Waals surface area contributed by atoms with Gasteiger partial charge >= 0.3 is 0 Å². The van der Waals surface area contributed by atoms with Crippen LogP contribution in [-0.4, -0.2) is 75.3 Å². The van der Waals surface area contributed by atoms with Gasteiger partial charge in [0, 0.05) is 46.4 Å². The van der Waals surface area contributed by atoms with E-state index in [9.17, 15) is 4.79 Å². The summed E-state index contributed by atoms with van der Waals surface area (Å²) in [6, 6.07) is 0.399. The van der Waals surface area contributed by atoms with Crippen molar-refractivity contribution in [3.8, 4) is 0 Å². The minimum atomic E-state index is -0.0389. The highest BCUT2D eigenvalue weighted by molar-refractivity contribution is 14.0. The Morgan fingerprint density at radius 1 is 1.21 bits per heavy atom. The van der Waals surface area contributed by atoms with Crippen molar-refractivity contribution in [2.75, 3.05) is 46.9 Å². The first-order valence-electron chi connectivity index (χ1n) is 10.6. The minimum absolute atomic E-state index is 0. The maximum atomic E-state index is 11.5.